The van der Waals surface area contributed by atoms with Gasteiger partial charge in [0.2, 0.25) is 0 Å². The standard InChI is InChI=1S/C20H16N4O2/c21-12-16-17-9-4-10-24(17)19(18(16)22-13-15-8-5-11-26-15)20(25)23-14-6-2-1-3-7-14/h1-3,5-8,11,13H,4,9-10H2,(H,23,25). The molecule has 6 heteroatoms. The summed E-state index contributed by atoms with van der Waals surface area (Å²) in [6, 6.07) is 15.0. The largest absolute Gasteiger partial charge is 0.463 e. The summed E-state index contributed by atoms with van der Waals surface area (Å²) >= 11 is 0. The highest BCUT2D eigenvalue weighted by Crippen LogP contribution is 2.35. The van der Waals surface area contributed by atoms with Gasteiger partial charge in [0.15, 0.2) is 0 Å². The lowest BCUT2D eigenvalue weighted by Crippen LogP contribution is -2.16. The van der Waals surface area contributed by atoms with E-state index in [1.54, 1.807) is 18.4 Å². The van der Waals surface area contributed by atoms with Gasteiger partial charge in [-0.15, -0.1) is 0 Å². The molecule has 4 rings (SSSR count). The second-order valence-corrected chi connectivity index (χ2v) is 5.98. The first-order valence-corrected chi connectivity index (χ1v) is 8.37. The fourth-order valence-corrected chi connectivity index (χ4v) is 3.24. The maximum Gasteiger partial charge on any atom is 0.274 e. The van der Waals surface area contributed by atoms with Crippen LogP contribution in [0.1, 0.15) is 33.9 Å². The van der Waals surface area contributed by atoms with Gasteiger partial charge in [0.25, 0.3) is 5.91 Å². The fraction of sp³-hybridized carbons (Fsp3) is 0.150. The number of nitrogens with zero attached hydrogens (tertiary/aromatic N) is 3. The topological polar surface area (TPSA) is 83.3 Å². The van der Waals surface area contributed by atoms with E-state index in [-0.39, 0.29) is 5.91 Å². The summed E-state index contributed by atoms with van der Waals surface area (Å²) in [6.45, 7) is 0.706. The number of hydrogen-bond donors (Lipinski definition) is 1. The second-order valence-electron chi connectivity index (χ2n) is 5.98. The maximum absolute atomic E-state index is 12.9. The summed E-state index contributed by atoms with van der Waals surface area (Å²) in [6.07, 6.45) is 4.77. The zero-order valence-electron chi connectivity index (χ0n) is 14.0. The van der Waals surface area contributed by atoms with Crippen molar-refractivity contribution in [1.82, 2.24) is 4.57 Å². The first-order chi connectivity index (χ1) is 12.8. The number of furan rings is 1. The van der Waals surface area contributed by atoms with E-state index in [0.29, 0.717) is 34.9 Å². The SMILES string of the molecule is N#Cc1c(N=Cc2ccco2)c(C(=O)Nc2ccccc2)n2c1CCC2. The zero-order valence-corrected chi connectivity index (χ0v) is 14.0. The van der Waals surface area contributed by atoms with E-state index in [1.807, 2.05) is 34.9 Å². The zero-order chi connectivity index (χ0) is 17.9. The predicted molar refractivity (Wildman–Crippen MR) is 97.8 cm³/mol. The first kappa shape index (κ1) is 15.9. The molecule has 0 saturated carbocycles. The van der Waals surface area contributed by atoms with Crippen LogP contribution in [0, 0.1) is 11.3 Å². The van der Waals surface area contributed by atoms with Crippen LogP contribution in [0.4, 0.5) is 11.4 Å². The molecule has 1 aliphatic heterocycles. The molecule has 0 aliphatic carbocycles. The van der Waals surface area contributed by atoms with Crippen LogP contribution in [0.15, 0.2) is 58.1 Å². The number of rotatable bonds is 4. The number of benzene rings is 1. The Labute approximate surface area is 150 Å². The van der Waals surface area contributed by atoms with E-state index < -0.39 is 0 Å². The van der Waals surface area contributed by atoms with E-state index in [0.717, 1.165) is 18.5 Å². The Morgan fingerprint density at radius 1 is 1.27 bits per heavy atom. The molecular formula is C20H16N4O2. The number of carbonyl (C=O) groups is 1. The highest BCUT2D eigenvalue weighted by Gasteiger charge is 2.29. The summed E-state index contributed by atoms with van der Waals surface area (Å²) < 4.78 is 7.17. The van der Waals surface area contributed by atoms with Gasteiger partial charge in [-0.25, -0.2) is 4.99 Å². The van der Waals surface area contributed by atoms with Crippen molar-refractivity contribution in [3.63, 3.8) is 0 Å². The van der Waals surface area contributed by atoms with Gasteiger partial charge in [-0.3, -0.25) is 4.79 Å². The Bertz CT molecular complexity index is 1010. The maximum atomic E-state index is 12.9. The number of aliphatic imine (C=N–C) groups is 1. The van der Waals surface area contributed by atoms with Gasteiger partial charge in [-0.05, 0) is 37.1 Å². The van der Waals surface area contributed by atoms with E-state index in [9.17, 15) is 10.1 Å². The van der Waals surface area contributed by atoms with E-state index in [4.69, 9.17) is 4.42 Å². The Kier molecular flexibility index (Phi) is 4.12. The molecule has 0 radical (unpaired) electrons. The summed E-state index contributed by atoms with van der Waals surface area (Å²) in [5, 5.41) is 12.5. The highest BCUT2D eigenvalue weighted by molar-refractivity contribution is 6.08. The summed E-state index contributed by atoms with van der Waals surface area (Å²) in [5.74, 6) is 0.294. The Morgan fingerprint density at radius 3 is 2.85 bits per heavy atom. The molecular weight excluding hydrogens is 328 g/mol. The summed E-state index contributed by atoms with van der Waals surface area (Å²) in [7, 11) is 0. The van der Waals surface area contributed by atoms with Gasteiger partial charge >= 0.3 is 0 Å². The number of nitriles is 1. The van der Waals surface area contributed by atoms with Crippen LogP contribution in [0.5, 0.6) is 0 Å². The minimum Gasteiger partial charge on any atom is -0.463 e. The molecule has 128 valence electrons. The molecule has 3 aromatic rings. The van der Waals surface area contributed by atoms with Crippen LogP contribution in [-0.4, -0.2) is 16.7 Å². The van der Waals surface area contributed by atoms with Gasteiger partial charge in [0, 0.05) is 17.9 Å². The Morgan fingerprint density at radius 2 is 2.12 bits per heavy atom. The molecule has 0 spiro atoms. The van der Waals surface area contributed by atoms with Crippen molar-refractivity contribution in [3.8, 4) is 6.07 Å². The second kappa shape index (κ2) is 6.73. The quantitative estimate of drug-likeness (QED) is 0.729. The average Bonchev–Trinajstić information content (AvgIpc) is 3.37. The molecule has 1 N–H and O–H groups in total. The van der Waals surface area contributed by atoms with Crippen molar-refractivity contribution >= 4 is 23.5 Å². The number of nitrogens with one attached hydrogen (secondary N) is 1. The molecule has 1 aliphatic rings. The van der Waals surface area contributed by atoms with Crippen LogP contribution in [0.3, 0.4) is 0 Å². The third kappa shape index (κ3) is 2.80. The average molecular weight is 344 g/mol. The molecule has 6 nitrogen and oxygen atoms in total. The van der Waals surface area contributed by atoms with E-state index >= 15 is 0 Å². The Balaban J connectivity index is 1.77. The summed E-state index contributed by atoms with van der Waals surface area (Å²) in [5.41, 5.74) is 2.85. The number of aromatic nitrogens is 1. The molecule has 0 saturated heterocycles. The van der Waals surface area contributed by atoms with Crippen molar-refractivity contribution in [1.29, 1.82) is 5.26 Å². The molecule has 1 amide bonds. The highest BCUT2D eigenvalue weighted by atomic mass is 16.3. The van der Waals surface area contributed by atoms with Crippen molar-refractivity contribution in [2.45, 2.75) is 19.4 Å². The fourth-order valence-electron chi connectivity index (χ4n) is 3.24. The van der Waals surface area contributed by atoms with Gasteiger partial charge in [0.05, 0.1) is 18.0 Å². The molecule has 26 heavy (non-hydrogen) atoms. The number of fused-ring (bicyclic) bond motifs is 1. The number of para-hydroxylation sites is 1. The smallest absolute Gasteiger partial charge is 0.274 e. The number of carbonyl (C=O) groups excluding carboxylic acids is 1. The van der Waals surface area contributed by atoms with Gasteiger partial charge in [-0.2, -0.15) is 5.26 Å². The Hall–Kier alpha value is -3.59. The van der Waals surface area contributed by atoms with Gasteiger partial charge < -0.3 is 14.3 Å². The predicted octanol–water partition coefficient (Wildman–Crippen LogP) is 3.90. The molecule has 3 heterocycles. The molecule has 0 bridgehead atoms. The van der Waals surface area contributed by atoms with Crippen LogP contribution in [0.2, 0.25) is 0 Å². The lowest BCUT2D eigenvalue weighted by molar-refractivity contribution is 0.101. The third-order valence-electron chi connectivity index (χ3n) is 4.36. The van der Waals surface area contributed by atoms with Crippen molar-refractivity contribution < 1.29 is 9.21 Å². The molecule has 0 atom stereocenters. The van der Waals surface area contributed by atoms with Crippen molar-refractivity contribution in [2.75, 3.05) is 5.32 Å². The minimum atomic E-state index is -0.271. The van der Waals surface area contributed by atoms with Gasteiger partial charge in [0.1, 0.15) is 23.2 Å². The van der Waals surface area contributed by atoms with Crippen LogP contribution in [0.25, 0.3) is 0 Å². The van der Waals surface area contributed by atoms with Crippen LogP contribution in [-0.2, 0) is 13.0 Å². The van der Waals surface area contributed by atoms with Crippen molar-refractivity contribution in [3.05, 3.63) is 71.4 Å². The first-order valence-electron chi connectivity index (χ1n) is 8.37. The third-order valence-corrected chi connectivity index (χ3v) is 4.36. The monoisotopic (exact) mass is 344 g/mol. The van der Waals surface area contributed by atoms with E-state index in [1.165, 1.54) is 6.21 Å². The normalized spacial score (nSPS) is 12.9. The molecule has 1 aromatic carbocycles. The lowest BCUT2D eigenvalue weighted by atomic mass is 10.1. The van der Waals surface area contributed by atoms with E-state index in [2.05, 4.69) is 16.4 Å². The number of amides is 1. The number of hydrogen-bond acceptors (Lipinski definition) is 4. The van der Waals surface area contributed by atoms with Gasteiger partial charge in [-0.1, -0.05) is 18.2 Å². The van der Waals surface area contributed by atoms with Crippen molar-refractivity contribution in [2.24, 2.45) is 4.99 Å². The lowest BCUT2D eigenvalue weighted by Gasteiger charge is -2.08. The van der Waals surface area contributed by atoms with Crippen LogP contribution >= 0.6 is 0 Å². The molecule has 0 fully saturated rings. The summed E-state index contributed by atoms with van der Waals surface area (Å²) in [4.78, 5) is 17.4. The molecule has 0 unspecified atom stereocenters. The number of anilines is 1. The minimum absolute atomic E-state index is 0.271. The molecule has 2 aromatic heterocycles. The van der Waals surface area contributed by atoms with Crippen LogP contribution < -0.4 is 5.32 Å².